The maximum atomic E-state index is 11.8. The van der Waals surface area contributed by atoms with Gasteiger partial charge < -0.3 is 14.0 Å². The van der Waals surface area contributed by atoms with Crippen molar-refractivity contribution in [3.8, 4) is 17.1 Å². The molecular weight excluding hydrogens is 332 g/mol. The third-order valence-electron chi connectivity index (χ3n) is 3.87. The standard InChI is InChI=1S/C20H20N2O4/c1-14-7-3-5-9-16(14)20-21-18(26-22-20)13-25-19(23)11-12-24-17-10-6-4-8-15(17)2/h3-10H,11-13H2,1-2H3. The van der Waals surface area contributed by atoms with Crippen molar-refractivity contribution in [2.45, 2.75) is 26.9 Å². The van der Waals surface area contributed by atoms with Crippen LogP contribution in [0.4, 0.5) is 0 Å². The molecular formula is C20H20N2O4. The zero-order chi connectivity index (χ0) is 18.4. The van der Waals surface area contributed by atoms with Crippen molar-refractivity contribution in [3.05, 3.63) is 65.5 Å². The number of rotatable bonds is 7. The molecule has 0 saturated carbocycles. The molecule has 26 heavy (non-hydrogen) atoms. The highest BCUT2D eigenvalue weighted by molar-refractivity contribution is 5.69. The van der Waals surface area contributed by atoms with Crippen LogP contribution in [0.15, 0.2) is 53.1 Å². The number of aryl methyl sites for hydroxylation is 2. The van der Waals surface area contributed by atoms with Gasteiger partial charge in [-0.15, -0.1) is 0 Å². The summed E-state index contributed by atoms with van der Waals surface area (Å²) in [7, 11) is 0. The Labute approximate surface area is 151 Å². The molecule has 0 saturated heterocycles. The quantitative estimate of drug-likeness (QED) is 0.601. The lowest BCUT2D eigenvalue weighted by atomic mass is 10.1. The Morgan fingerprint density at radius 2 is 1.77 bits per heavy atom. The summed E-state index contributed by atoms with van der Waals surface area (Å²) in [6.45, 7) is 4.12. The Hall–Kier alpha value is -3.15. The molecule has 2 aromatic carbocycles. The number of aromatic nitrogens is 2. The molecule has 6 nitrogen and oxygen atoms in total. The lowest BCUT2D eigenvalue weighted by Gasteiger charge is -2.08. The fourth-order valence-corrected chi connectivity index (χ4v) is 2.42. The highest BCUT2D eigenvalue weighted by atomic mass is 16.6. The van der Waals surface area contributed by atoms with E-state index in [4.69, 9.17) is 14.0 Å². The Balaban J connectivity index is 1.46. The van der Waals surface area contributed by atoms with Gasteiger partial charge in [0.2, 0.25) is 5.82 Å². The van der Waals surface area contributed by atoms with E-state index in [0.29, 0.717) is 5.82 Å². The molecule has 0 aliphatic carbocycles. The van der Waals surface area contributed by atoms with Gasteiger partial charge in [-0.2, -0.15) is 4.98 Å². The second-order valence-electron chi connectivity index (χ2n) is 5.85. The first-order chi connectivity index (χ1) is 12.6. The van der Waals surface area contributed by atoms with Crippen LogP contribution in [0.25, 0.3) is 11.4 Å². The van der Waals surface area contributed by atoms with Crippen molar-refractivity contribution in [2.24, 2.45) is 0 Å². The highest BCUT2D eigenvalue weighted by Gasteiger charge is 2.12. The van der Waals surface area contributed by atoms with Crippen LogP contribution in [-0.4, -0.2) is 22.7 Å². The maximum absolute atomic E-state index is 11.8. The van der Waals surface area contributed by atoms with Crippen molar-refractivity contribution in [2.75, 3.05) is 6.61 Å². The Morgan fingerprint density at radius 1 is 1.04 bits per heavy atom. The van der Waals surface area contributed by atoms with Crippen LogP contribution >= 0.6 is 0 Å². The molecule has 1 aromatic heterocycles. The monoisotopic (exact) mass is 352 g/mol. The van der Waals surface area contributed by atoms with E-state index in [1.165, 1.54) is 0 Å². The number of hydrogen-bond donors (Lipinski definition) is 0. The van der Waals surface area contributed by atoms with E-state index < -0.39 is 0 Å². The zero-order valence-corrected chi connectivity index (χ0v) is 14.8. The number of hydrogen-bond acceptors (Lipinski definition) is 6. The highest BCUT2D eigenvalue weighted by Crippen LogP contribution is 2.20. The fourth-order valence-electron chi connectivity index (χ4n) is 2.42. The summed E-state index contributed by atoms with van der Waals surface area (Å²) in [5.41, 5.74) is 2.96. The second-order valence-corrected chi connectivity index (χ2v) is 5.85. The summed E-state index contributed by atoms with van der Waals surface area (Å²) < 4.78 is 15.9. The van der Waals surface area contributed by atoms with E-state index in [1.807, 2.05) is 62.4 Å². The van der Waals surface area contributed by atoms with Crippen LogP contribution < -0.4 is 4.74 Å². The first-order valence-electron chi connectivity index (χ1n) is 8.36. The van der Waals surface area contributed by atoms with Gasteiger partial charge in [-0.1, -0.05) is 47.6 Å². The van der Waals surface area contributed by atoms with Gasteiger partial charge in [0.15, 0.2) is 6.61 Å². The van der Waals surface area contributed by atoms with Crippen molar-refractivity contribution in [1.82, 2.24) is 10.1 Å². The van der Waals surface area contributed by atoms with Gasteiger partial charge in [-0.25, -0.2) is 0 Å². The van der Waals surface area contributed by atoms with Crippen molar-refractivity contribution in [1.29, 1.82) is 0 Å². The van der Waals surface area contributed by atoms with Gasteiger partial charge in [-0.3, -0.25) is 4.79 Å². The van der Waals surface area contributed by atoms with E-state index in [1.54, 1.807) is 0 Å². The van der Waals surface area contributed by atoms with Crippen LogP contribution in [0.1, 0.15) is 23.4 Å². The van der Waals surface area contributed by atoms with Crippen LogP contribution in [0.5, 0.6) is 5.75 Å². The Bertz CT molecular complexity index is 889. The molecule has 0 aliphatic heterocycles. The summed E-state index contributed by atoms with van der Waals surface area (Å²) >= 11 is 0. The van der Waals surface area contributed by atoms with Gasteiger partial charge in [0.1, 0.15) is 5.75 Å². The minimum absolute atomic E-state index is 0.0535. The van der Waals surface area contributed by atoms with E-state index in [2.05, 4.69) is 10.1 Å². The molecule has 0 N–H and O–H groups in total. The average Bonchev–Trinajstić information content (AvgIpc) is 3.11. The predicted octanol–water partition coefficient (Wildman–Crippen LogP) is 3.87. The number of ether oxygens (including phenoxy) is 2. The molecule has 134 valence electrons. The first kappa shape index (κ1) is 17.7. The van der Waals surface area contributed by atoms with Gasteiger partial charge in [0, 0.05) is 5.56 Å². The number of carbonyl (C=O) groups excluding carboxylic acids is 1. The summed E-state index contributed by atoms with van der Waals surface area (Å²) in [5.74, 6) is 1.13. The Kier molecular flexibility index (Phi) is 5.63. The third-order valence-corrected chi connectivity index (χ3v) is 3.87. The molecule has 0 unspecified atom stereocenters. The second kappa shape index (κ2) is 8.29. The predicted molar refractivity (Wildman–Crippen MR) is 95.6 cm³/mol. The van der Waals surface area contributed by atoms with Gasteiger partial charge in [-0.05, 0) is 31.0 Å². The lowest BCUT2D eigenvalue weighted by molar-refractivity contribution is -0.146. The van der Waals surface area contributed by atoms with Crippen LogP contribution in [0.3, 0.4) is 0 Å². The van der Waals surface area contributed by atoms with Crippen LogP contribution in [-0.2, 0) is 16.1 Å². The number of carbonyl (C=O) groups is 1. The van der Waals surface area contributed by atoms with Crippen LogP contribution in [0, 0.1) is 13.8 Å². The van der Waals surface area contributed by atoms with Crippen molar-refractivity contribution in [3.63, 3.8) is 0 Å². The molecule has 3 aromatic rings. The average molecular weight is 352 g/mol. The number of para-hydroxylation sites is 1. The van der Waals surface area contributed by atoms with Gasteiger partial charge >= 0.3 is 5.97 Å². The summed E-state index contributed by atoms with van der Waals surface area (Å²) in [5, 5.41) is 3.93. The molecule has 1 heterocycles. The first-order valence-corrected chi connectivity index (χ1v) is 8.36. The van der Waals surface area contributed by atoms with Crippen molar-refractivity contribution < 1.29 is 18.8 Å². The number of benzene rings is 2. The molecule has 0 fully saturated rings. The third kappa shape index (κ3) is 4.47. The smallest absolute Gasteiger partial charge is 0.309 e. The molecule has 0 aliphatic rings. The van der Waals surface area contributed by atoms with E-state index >= 15 is 0 Å². The summed E-state index contributed by atoms with van der Waals surface area (Å²) in [6, 6.07) is 15.4. The van der Waals surface area contributed by atoms with Gasteiger partial charge in [0.25, 0.3) is 5.89 Å². The molecule has 0 amide bonds. The zero-order valence-electron chi connectivity index (χ0n) is 14.8. The minimum Gasteiger partial charge on any atom is -0.493 e. The molecule has 0 radical (unpaired) electrons. The number of esters is 1. The normalized spacial score (nSPS) is 10.5. The Morgan fingerprint density at radius 3 is 2.54 bits per heavy atom. The lowest BCUT2D eigenvalue weighted by Crippen LogP contribution is -2.10. The molecule has 0 atom stereocenters. The molecule has 3 rings (SSSR count). The fraction of sp³-hybridized carbons (Fsp3) is 0.250. The maximum Gasteiger partial charge on any atom is 0.309 e. The largest absolute Gasteiger partial charge is 0.493 e. The molecule has 6 heteroatoms. The molecule has 0 spiro atoms. The van der Waals surface area contributed by atoms with Crippen LogP contribution in [0.2, 0.25) is 0 Å². The minimum atomic E-state index is -0.380. The summed E-state index contributed by atoms with van der Waals surface area (Å²) in [4.78, 5) is 16.1. The van der Waals surface area contributed by atoms with E-state index in [0.717, 1.165) is 22.4 Å². The van der Waals surface area contributed by atoms with E-state index in [-0.39, 0.29) is 31.5 Å². The SMILES string of the molecule is Cc1ccccc1OCCC(=O)OCc1nc(-c2ccccc2C)no1. The summed E-state index contributed by atoms with van der Waals surface area (Å²) in [6.07, 6.45) is 0.146. The van der Waals surface area contributed by atoms with E-state index in [9.17, 15) is 4.79 Å². The topological polar surface area (TPSA) is 74.5 Å². The number of nitrogens with zero attached hydrogens (tertiary/aromatic N) is 2. The molecule has 0 bridgehead atoms. The van der Waals surface area contributed by atoms with Gasteiger partial charge in [0.05, 0.1) is 13.0 Å². The van der Waals surface area contributed by atoms with Crippen molar-refractivity contribution >= 4 is 5.97 Å².